The fourth-order valence-electron chi connectivity index (χ4n) is 1.73. The van der Waals surface area contributed by atoms with E-state index in [-0.39, 0.29) is 18.5 Å². The Bertz CT molecular complexity index is 501. The first-order chi connectivity index (χ1) is 9.65. The molecule has 2 aromatic rings. The van der Waals surface area contributed by atoms with Crippen molar-refractivity contribution in [2.75, 3.05) is 13.2 Å². The number of hydrogen-bond donors (Lipinski definition) is 2. The number of nitrogens with one attached hydrogen (secondary N) is 1. The van der Waals surface area contributed by atoms with E-state index in [0.717, 1.165) is 0 Å². The molecule has 0 aliphatic rings. The van der Waals surface area contributed by atoms with Crippen LogP contribution in [0.5, 0.6) is 5.75 Å². The molecule has 2 N–H and O–H groups in total. The SMILES string of the molecule is C[C@@H](NCC(O)COc1ccc(F)cc1)c1cccs1. The van der Waals surface area contributed by atoms with Gasteiger partial charge in [0.15, 0.2) is 0 Å². The first kappa shape index (κ1) is 15.0. The lowest BCUT2D eigenvalue weighted by Gasteiger charge is -2.16. The minimum absolute atomic E-state index is 0.176. The number of hydrogen-bond acceptors (Lipinski definition) is 4. The lowest BCUT2D eigenvalue weighted by molar-refractivity contribution is 0.104. The Labute approximate surface area is 122 Å². The molecule has 0 fully saturated rings. The van der Waals surface area contributed by atoms with Gasteiger partial charge < -0.3 is 15.2 Å². The lowest BCUT2D eigenvalue weighted by Crippen LogP contribution is -2.32. The Morgan fingerprint density at radius 1 is 1.30 bits per heavy atom. The molecule has 5 heteroatoms. The molecule has 1 aromatic heterocycles. The maximum atomic E-state index is 12.7. The third-order valence-electron chi connectivity index (χ3n) is 2.89. The Balaban J connectivity index is 1.70. The highest BCUT2D eigenvalue weighted by Crippen LogP contribution is 2.18. The molecule has 0 aliphatic carbocycles. The quantitative estimate of drug-likeness (QED) is 0.825. The molecule has 0 spiro atoms. The summed E-state index contributed by atoms with van der Waals surface area (Å²) in [6.45, 7) is 2.68. The number of rotatable bonds is 7. The second-order valence-corrected chi connectivity index (χ2v) is 5.54. The van der Waals surface area contributed by atoms with E-state index in [1.165, 1.54) is 17.0 Å². The molecule has 1 heterocycles. The highest BCUT2D eigenvalue weighted by Gasteiger charge is 2.10. The van der Waals surface area contributed by atoms with E-state index in [4.69, 9.17) is 4.74 Å². The van der Waals surface area contributed by atoms with E-state index in [9.17, 15) is 9.50 Å². The molecule has 20 heavy (non-hydrogen) atoms. The molecule has 2 atom stereocenters. The van der Waals surface area contributed by atoms with E-state index in [0.29, 0.717) is 12.3 Å². The zero-order valence-electron chi connectivity index (χ0n) is 11.3. The molecule has 0 aliphatic heterocycles. The van der Waals surface area contributed by atoms with Crippen LogP contribution in [-0.2, 0) is 0 Å². The lowest BCUT2D eigenvalue weighted by atomic mass is 10.2. The van der Waals surface area contributed by atoms with Crippen molar-refractivity contribution >= 4 is 11.3 Å². The summed E-state index contributed by atoms with van der Waals surface area (Å²) in [6.07, 6.45) is -0.609. The average molecular weight is 295 g/mol. The number of aliphatic hydroxyl groups is 1. The molecule has 0 bridgehead atoms. The third-order valence-corrected chi connectivity index (χ3v) is 3.94. The molecule has 1 unspecified atom stereocenters. The Morgan fingerprint density at radius 3 is 2.70 bits per heavy atom. The third kappa shape index (κ3) is 4.59. The van der Waals surface area contributed by atoms with Gasteiger partial charge in [0, 0.05) is 17.5 Å². The molecule has 3 nitrogen and oxygen atoms in total. The van der Waals surface area contributed by atoms with Crippen molar-refractivity contribution in [3.05, 3.63) is 52.5 Å². The normalized spacial score (nSPS) is 13.9. The average Bonchev–Trinajstić information content (AvgIpc) is 2.98. The zero-order chi connectivity index (χ0) is 14.4. The highest BCUT2D eigenvalue weighted by atomic mass is 32.1. The van der Waals surface area contributed by atoms with Gasteiger partial charge >= 0.3 is 0 Å². The number of ether oxygens (including phenoxy) is 1. The molecule has 0 saturated carbocycles. The van der Waals surface area contributed by atoms with Crippen LogP contribution in [0.3, 0.4) is 0 Å². The predicted octanol–water partition coefficient (Wildman–Crippen LogP) is 2.98. The summed E-state index contributed by atoms with van der Waals surface area (Å²) >= 11 is 1.68. The fourth-order valence-corrected chi connectivity index (χ4v) is 2.49. The second kappa shape index (κ2) is 7.38. The summed E-state index contributed by atoms with van der Waals surface area (Å²) < 4.78 is 18.1. The van der Waals surface area contributed by atoms with Crippen molar-refractivity contribution in [2.24, 2.45) is 0 Å². The second-order valence-electron chi connectivity index (χ2n) is 4.56. The minimum Gasteiger partial charge on any atom is -0.491 e. The molecule has 0 saturated heterocycles. The number of aliphatic hydroxyl groups excluding tert-OH is 1. The van der Waals surface area contributed by atoms with Gasteiger partial charge in [0.05, 0.1) is 0 Å². The molecule has 0 radical (unpaired) electrons. The van der Waals surface area contributed by atoms with Gasteiger partial charge in [-0.15, -0.1) is 11.3 Å². The summed E-state index contributed by atoms with van der Waals surface area (Å²) in [5.41, 5.74) is 0. The summed E-state index contributed by atoms with van der Waals surface area (Å²) in [7, 11) is 0. The van der Waals surface area contributed by atoms with Crippen LogP contribution in [0.15, 0.2) is 41.8 Å². The van der Waals surface area contributed by atoms with Crippen molar-refractivity contribution in [2.45, 2.75) is 19.1 Å². The summed E-state index contributed by atoms with van der Waals surface area (Å²) in [5, 5.41) is 15.1. The van der Waals surface area contributed by atoms with Gasteiger partial charge in [-0.1, -0.05) is 6.07 Å². The van der Waals surface area contributed by atoms with Crippen LogP contribution >= 0.6 is 11.3 Å². The maximum absolute atomic E-state index is 12.7. The topological polar surface area (TPSA) is 41.5 Å². The predicted molar refractivity (Wildman–Crippen MR) is 78.6 cm³/mol. The van der Waals surface area contributed by atoms with Gasteiger partial charge in [-0.05, 0) is 42.6 Å². The fraction of sp³-hybridized carbons (Fsp3) is 0.333. The van der Waals surface area contributed by atoms with Crippen molar-refractivity contribution in [1.29, 1.82) is 0 Å². The van der Waals surface area contributed by atoms with Crippen LogP contribution in [0.25, 0.3) is 0 Å². The van der Waals surface area contributed by atoms with E-state index in [2.05, 4.69) is 18.3 Å². The highest BCUT2D eigenvalue weighted by molar-refractivity contribution is 7.10. The van der Waals surface area contributed by atoms with E-state index in [1.807, 2.05) is 11.4 Å². The van der Waals surface area contributed by atoms with Crippen LogP contribution in [0.2, 0.25) is 0 Å². The van der Waals surface area contributed by atoms with Crippen molar-refractivity contribution in [3.8, 4) is 5.75 Å². The van der Waals surface area contributed by atoms with E-state index >= 15 is 0 Å². The first-order valence-corrected chi connectivity index (χ1v) is 7.36. The Hall–Kier alpha value is -1.43. The molecule has 1 aromatic carbocycles. The molecule has 0 amide bonds. The number of thiophene rings is 1. The van der Waals surface area contributed by atoms with Crippen LogP contribution in [0.1, 0.15) is 17.8 Å². The Kier molecular flexibility index (Phi) is 5.52. The van der Waals surface area contributed by atoms with Crippen molar-refractivity contribution in [1.82, 2.24) is 5.32 Å². The minimum atomic E-state index is -0.609. The van der Waals surface area contributed by atoms with Gasteiger partial charge in [0.1, 0.15) is 24.3 Å². The van der Waals surface area contributed by atoms with Crippen LogP contribution < -0.4 is 10.1 Å². The standard InChI is InChI=1S/C15H18FNO2S/c1-11(15-3-2-8-20-15)17-9-13(18)10-19-14-6-4-12(16)5-7-14/h2-8,11,13,17-18H,9-10H2,1H3/t11-,13?/m1/s1. The van der Waals surface area contributed by atoms with Crippen LogP contribution in [0, 0.1) is 5.82 Å². The Morgan fingerprint density at radius 2 is 2.05 bits per heavy atom. The molecule has 2 rings (SSSR count). The smallest absolute Gasteiger partial charge is 0.123 e. The summed E-state index contributed by atoms with van der Waals surface area (Å²) in [4.78, 5) is 1.23. The maximum Gasteiger partial charge on any atom is 0.123 e. The van der Waals surface area contributed by atoms with Gasteiger partial charge in [0.25, 0.3) is 0 Å². The first-order valence-electron chi connectivity index (χ1n) is 6.48. The molecule has 108 valence electrons. The van der Waals surface area contributed by atoms with Crippen molar-refractivity contribution in [3.63, 3.8) is 0 Å². The molecular weight excluding hydrogens is 277 g/mol. The van der Waals surface area contributed by atoms with Crippen LogP contribution in [-0.4, -0.2) is 24.4 Å². The van der Waals surface area contributed by atoms with Crippen LogP contribution in [0.4, 0.5) is 4.39 Å². The summed E-state index contributed by atoms with van der Waals surface area (Å²) in [5.74, 6) is 0.251. The van der Waals surface area contributed by atoms with E-state index < -0.39 is 6.10 Å². The van der Waals surface area contributed by atoms with Crippen molar-refractivity contribution < 1.29 is 14.2 Å². The van der Waals surface area contributed by atoms with Gasteiger partial charge in [-0.3, -0.25) is 0 Å². The zero-order valence-corrected chi connectivity index (χ0v) is 12.1. The monoisotopic (exact) mass is 295 g/mol. The molecular formula is C15H18FNO2S. The summed E-state index contributed by atoms with van der Waals surface area (Å²) in [6, 6.07) is 10.0. The van der Waals surface area contributed by atoms with Gasteiger partial charge in [-0.25, -0.2) is 4.39 Å². The number of benzene rings is 1. The largest absolute Gasteiger partial charge is 0.491 e. The van der Waals surface area contributed by atoms with Gasteiger partial charge in [-0.2, -0.15) is 0 Å². The number of halogens is 1. The van der Waals surface area contributed by atoms with E-state index in [1.54, 1.807) is 23.5 Å². The van der Waals surface area contributed by atoms with Gasteiger partial charge in [0.2, 0.25) is 0 Å².